The fourth-order valence-corrected chi connectivity index (χ4v) is 3.74. The zero-order valence-electron chi connectivity index (χ0n) is 10.1. The third kappa shape index (κ3) is 2.90. The number of aromatic nitrogens is 1. The van der Waals surface area contributed by atoms with E-state index in [1.807, 2.05) is 16.8 Å². The fraction of sp³-hybridized carbons (Fsp3) is 0.0769. The number of thiophene rings is 2. The molecule has 7 heteroatoms. The third-order valence-corrected chi connectivity index (χ3v) is 5.01. The molecular formula is C13H9NO3S3. The number of aromatic carboxylic acids is 1. The molecule has 1 N–H and O–H groups in total. The summed E-state index contributed by atoms with van der Waals surface area (Å²) in [4.78, 5) is 15.5. The number of carboxylic acid groups (broad SMARTS) is 1. The Morgan fingerprint density at radius 3 is 2.90 bits per heavy atom. The highest BCUT2D eigenvalue weighted by Crippen LogP contribution is 2.27. The summed E-state index contributed by atoms with van der Waals surface area (Å²) in [6.45, 7) is 0.344. The van der Waals surface area contributed by atoms with Gasteiger partial charge in [-0.3, -0.25) is 0 Å². The normalized spacial score (nSPS) is 10.6. The Hall–Kier alpha value is -1.70. The standard InChI is InChI=1S/C13H9NO3S3/c15-13(16)11-3-10(7-19-11)17-4-9-6-20-12(14-9)8-1-2-18-5-8/h1-3,5-7H,4H2,(H,15,16). The van der Waals surface area contributed by atoms with Crippen molar-refractivity contribution < 1.29 is 14.6 Å². The van der Waals surface area contributed by atoms with E-state index in [4.69, 9.17) is 9.84 Å². The molecule has 0 bridgehead atoms. The summed E-state index contributed by atoms with van der Waals surface area (Å²) in [5.41, 5.74) is 1.97. The smallest absolute Gasteiger partial charge is 0.346 e. The van der Waals surface area contributed by atoms with Crippen LogP contribution in [0.15, 0.2) is 33.7 Å². The summed E-state index contributed by atoms with van der Waals surface area (Å²) < 4.78 is 5.55. The van der Waals surface area contributed by atoms with Gasteiger partial charge in [-0.1, -0.05) is 0 Å². The molecule has 3 aromatic heterocycles. The number of rotatable bonds is 5. The van der Waals surface area contributed by atoms with Crippen LogP contribution in [-0.4, -0.2) is 16.1 Å². The van der Waals surface area contributed by atoms with Gasteiger partial charge in [0.25, 0.3) is 0 Å². The second-order valence-electron chi connectivity index (χ2n) is 3.90. The number of hydrogen-bond donors (Lipinski definition) is 1. The van der Waals surface area contributed by atoms with E-state index >= 15 is 0 Å². The van der Waals surface area contributed by atoms with Crippen molar-refractivity contribution in [1.29, 1.82) is 0 Å². The number of ether oxygens (including phenoxy) is 1. The van der Waals surface area contributed by atoms with Gasteiger partial charge in [0.15, 0.2) is 0 Å². The Kier molecular flexibility index (Phi) is 3.81. The first-order chi connectivity index (χ1) is 9.72. The fourth-order valence-electron chi connectivity index (χ4n) is 1.56. The number of nitrogens with zero attached hydrogens (tertiary/aromatic N) is 1. The first-order valence-electron chi connectivity index (χ1n) is 5.64. The van der Waals surface area contributed by atoms with Crippen LogP contribution in [0.5, 0.6) is 5.75 Å². The maximum atomic E-state index is 10.8. The predicted octanol–water partition coefficient (Wildman–Crippen LogP) is 4.21. The predicted molar refractivity (Wildman–Crippen MR) is 81.0 cm³/mol. The molecule has 4 nitrogen and oxygen atoms in total. The molecule has 102 valence electrons. The number of thiazole rings is 1. The monoisotopic (exact) mass is 323 g/mol. The van der Waals surface area contributed by atoms with Gasteiger partial charge in [-0.25, -0.2) is 9.78 Å². The molecule has 0 fully saturated rings. The van der Waals surface area contributed by atoms with Gasteiger partial charge in [-0.05, 0) is 11.4 Å². The maximum absolute atomic E-state index is 10.8. The average molecular weight is 323 g/mol. The van der Waals surface area contributed by atoms with E-state index in [2.05, 4.69) is 10.4 Å². The number of hydrogen-bond acceptors (Lipinski definition) is 6. The lowest BCUT2D eigenvalue weighted by Gasteiger charge is -1.99. The van der Waals surface area contributed by atoms with Gasteiger partial charge in [-0.2, -0.15) is 11.3 Å². The van der Waals surface area contributed by atoms with Gasteiger partial charge in [-0.15, -0.1) is 22.7 Å². The van der Waals surface area contributed by atoms with Crippen LogP contribution in [0.1, 0.15) is 15.4 Å². The average Bonchev–Trinajstić information content (AvgIpc) is 3.17. The highest BCUT2D eigenvalue weighted by Gasteiger charge is 2.09. The van der Waals surface area contributed by atoms with Gasteiger partial charge in [0.05, 0.1) is 5.69 Å². The zero-order valence-corrected chi connectivity index (χ0v) is 12.6. The molecule has 0 saturated heterocycles. The lowest BCUT2D eigenvalue weighted by Crippen LogP contribution is -1.95. The molecule has 20 heavy (non-hydrogen) atoms. The summed E-state index contributed by atoms with van der Waals surface area (Å²) in [6, 6.07) is 3.56. The van der Waals surface area contributed by atoms with Crippen molar-refractivity contribution in [2.75, 3.05) is 0 Å². The van der Waals surface area contributed by atoms with Crippen molar-refractivity contribution in [3.8, 4) is 16.3 Å². The quantitative estimate of drug-likeness (QED) is 0.764. The summed E-state index contributed by atoms with van der Waals surface area (Å²) in [5.74, 6) is -0.365. The minimum absolute atomic E-state index is 0.275. The van der Waals surface area contributed by atoms with Gasteiger partial charge in [0.1, 0.15) is 22.2 Å². The van der Waals surface area contributed by atoms with Gasteiger partial charge in [0.2, 0.25) is 0 Å². The van der Waals surface area contributed by atoms with E-state index in [1.54, 1.807) is 28.1 Å². The summed E-state index contributed by atoms with van der Waals surface area (Å²) in [6.07, 6.45) is 0. The Labute approximate surface area is 126 Å². The van der Waals surface area contributed by atoms with E-state index in [0.29, 0.717) is 12.4 Å². The molecule has 0 saturated carbocycles. The Morgan fingerprint density at radius 1 is 1.30 bits per heavy atom. The lowest BCUT2D eigenvalue weighted by molar-refractivity contribution is 0.0702. The molecule has 0 aliphatic heterocycles. The minimum atomic E-state index is -0.932. The largest absolute Gasteiger partial charge is 0.486 e. The first-order valence-corrected chi connectivity index (χ1v) is 8.34. The molecule has 3 heterocycles. The van der Waals surface area contributed by atoms with Crippen LogP contribution < -0.4 is 4.74 Å². The van der Waals surface area contributed by atoms with E-state index < -0.39 is 5.97 Å². The van der Waals surface area contributed by atoms with Crippen LogP contribution >= 0.6 is 34.0 Å². The SMILES string of the molecule is O=C(O)c1cc(OCc2csc(-c3ccsc3)n2)cs1. The van der Waals surface area contributed by atoms with Crippen molar-refractivity contribution in [2.45, 2.75) is 6.61 Å². The molecule has 0 unspecified atom stereocenters. The Morgan fingerprint density at radius 2 is 2.20 bits per heavy atom. The van der Waals surface area contributed by atoms with Crippen LogP contribution in [0.25, 0.3) is 10.6 Å². The van der Waals surface area contributed by atoms with Crippen LogP contribution in [0.2, 0.25) is 0 Å². The minimum Gasteiger partial charge on any atom is -0.486 e. The maximum Gasteiger partial charge on any atom is 0.346 e. The Balaban J connectivity index is 1.65. The molecule has 0 aliphatic carbocycles. The molecule has 0 aromatic carbocycles. The summed E-state index contributed by atoms with van der Waals surface area (Å²) in [7, 11) is 0. The molecular weight excluding hydrogens is 314 g/mol. The van der Waals surface area contributed by atoms with Crippen molar-refractivity contribution in [3.63, 3.8) is 0 Å². The van der Waals surface area contributed by atoms with Crippen LogP contribution in [0.4, 0.5) is 0 Å². The number of carboxylic acids is 1. The summed E-state index contributed by atoms with van der Waals surface area (Å²) >= 11 is 4.37. The van der Waals surface area contributed by atoms with Crippen molar-refractivity contribution in [3.05, 3.63) is 44.2 Å². The lowest BCUT2D eigenvalue weighted by atomic mass is 10.4. The van der Waals surface area contributed by atoms with E-state index in [0.717, 1.165) is 27.6 Å². The van der Waals surface area contributed by atoms with Crippen LogP contribution in [-0.2, 0) is 6.61 Å². The van der Waals surface area contributed by atoms with Crippen LogP contribution in [0, 0.1) is 0 Å². The van der Waals surface area contributed by atoms with Gasteiger partial charge < -0.3 is 9.84 Å². The number of carbonyl (C=O) groups is 1. The first kappa shape index (κ1) is 13.3. The van der Waals surface area contributed by atoms with Gasteiger partial charge >= 0.3 is 5.97 Å². The molecule has 0 aliphatic rings. The molecule has 3 rings (SSSR count). The third-order valence-electron chi connectivity index (χ3n) is 2.49. The van der Waals surface area contributed by atoms with Crippen molar-refractivity contribution in [1.82, 2.24) is 4.98 Å². The molecule has 0 amide bonds. The zero-order chi connectivity index (χ0) is 13.9. The second kappa shape index (κ2) is 5.74. The second-order valence-corrected chi connectivity index (χ2v) is 6.45. The van der Waals surface area contributed by atoms with Crippen LogP contribution in [0.3, 0.4) is 0 Å². The topological polar surface area (TPSA) is 59.4 Å². The van der Waals surface area contributed by atoms with E-state index in [-0.39, 0.29) is 4.88 Å². The highest BCUT2D eigenvalue weighted by molar-refractivity contribution is 7.14. The van der Waals surface area contributed by atoms with E-state index in [9.17, 15) is 4.79 Å². The van der Waals surface area contributed by atoms with Crippen molar-refractivity contribution in [2.24, 2.45) is 0 Å². The van der Waals surface area contributed by atoms with Crippen molar-refractivity contribution >= 4 is 40.0 Å². The highest BCUT2D eigenvalue weighted by atomic mass is 32.1. The molecule has 0 radical (unpaired) electrons. The molecule has 0 atom stereocenters. The molecule has 3 aromatic rings. The Bertz CT molecular complexity index is 715. The van der Waals surface area contributed by atoms with E-state index in [1.165, 1.54) is 6.07 Å². The van der Waals surface area contributed by atoms with Gasteiger partial charge in [0, 0.05) is 27.8 Å². The summed E-state index contributed by atoms with van der Waals surface area (Å²) in [5, 5.41) is 17.5. The molecule has 0 spiro atoms.